The molecule has 0 saturated carbocycles. The lowest BCUT2D eigenvalue weighted by atomic mass is 10.1. The number of nitrogens with zero attached hydrogens (tertiary/aromatic N) is 5. The summed E-state index contributed by atoms with van der Waals surface area (Å²) in [6, 6.07) is 8.66. The Labute approximate surface area is 171 Å². The van der Waals surface area contributed by atoms with E-state index >= 15 is 0 Å². The van der Waals surface area contributed by atoms with E-state index in [1.54, 1.807) is 42.7 Å². The summed E-state index contributed by atoms with van der Waals surface area (Å²) < 4.78 is 0. The highest BCUT2D eigenvalue weighted by Crippen LogP contribution is 2.13. The van der Waals surface area contributed by atoms with Crippen LogP contribution in [0.4, 0.5) is 5.95 Å². The Hall–Kier alpha value is -3.00. The van der Waals surface area contributed by atoms with Crippen molar-refractivity contribution in [3.05, 3.63) is 53.9 Å². The molecule has 2 amide bonds. The molecule has 154 valence electrons. The molecule has 29 heavy (non-hydrogen) atoms. The molecule has 1 aliphatic rings. The molecular formula is C21H28N6O2. The lowest BCUT2D eigenvalue weighted by Crippen LogP contribution is -2.49. The molecule has 1 N–H and O–H groups in total. The Bertz CT molecular complexity index is 802. The summed E-state index contributed by atoms with van der Waals surface area (Å²) >= 11 is 0. The molecule has 2 heterocycles. The number of anilines is 1. The zero-order chi connectivity index (χ0) is 20.6. The van der Waals surface area contributed by atoms with Crippen molar-refractivity contribution >= 4 is 17.8 Å². The summed E-state index contributed by atoms with van der Waals surface area (Å²) in [5.74, 6) is 0.566. The van der Waals surface area contributed by atoms with E-state index in [1.807, 2.05) is 19.0 Å². The highest BCUT2D eigenvalue weighted by molar-refractivity contribution is 5.97. The van der Waals surface area contributed by atoms with Gasteiger partial charge in [0.15, 0.2) is 0 Å². The van der Waals surface area contributed by atoms with Crippen molar-refractivity contribution in [2.75, 3.05) is 58.3 Å². The Morgan fingerprint density at radius 1 is 1.00 bits per heavy atom. The van der Waals surface area contributed by atoms with Crippen LogP contribution in [-0.4, -0.2) is 84.9 Å². The molecule has 1 saturated heterocycles. The Kier molecular flexibility index (Phi) is 7.13. The topological polar surface area (TPSA) is 81.7 Å². The molecule has 0 atom stereocenters. The van der Waals surface area contributed by atoms with Crippen LogP contribution in [0, 0.1) is 0 Å². The molecule has 3 rings (SSSR count). The van der Waals surface area contributed by atoms with Crippen LogP contribution in [0.3, 0.4) is 0 Å². The second-order valence-electron chi connectivity index (χ2n) is 7.32. The van der Waals surface area contributed by atoms with Gasteiger partial charge in [0.1, 0.15) is 0 Å². The zero-order valence-electron chi connectivity index (χ0n) is 17.0. The highest BCUT2D eigenvalue weighted by Gasteiger charge is 2.23. The quantitative estimate of drug-likeness (QED) is 0.707. The third kappa shape index (κ3) is 5.74. The van der Waals surface area contributed by atoms with Crippen molar-refractivity contribution in [2.45, 2.75) is 6.42 Å². The van der Waals surface area contributed by atoms with Gasteiger partial charge >= 0.3 is 0 Å². The molecule has 1 aliphatic heterocycles. The fourth-order valence-corrected chi connectivity index (χ4v) is 3.21. The molecule has 1 aromatic heterocycles. The fourth-order valence-electron chi connectivity index (χ4n) is 3.21. The summed E-state index contributed by atoms with van der Waals surface area (Å²) in [6.07, 6.45) is 4.34. The lowest BCUT2D eigenvalue weighted by Gasteiger charge is -2.34. The van der Waals surface area contributed by atoms with Gasteiger partial charge in [-0.3, -0.25) is 9.59 Å². The number of hydrogen-bond donors (Lipinski definition) is 1. The second kappa shape index (κ2) is 9.97. The van der Waals surface area contributed by atoms with Crippen LogP contribution < -0.4 is 10.2 Å². The normalized spacial score (nSPS) is 14.2. The zero-order valence-corrected chi connectivity index (χ0v) is 17.0. The number of benzene rings is 1. The van der Waals surface area contributed by atoms with Gasteiger partial charge in [-0.1, -0.05) is 0 Å². The predicted molar refractivity (Wildman–Crippen MR) is 112 cm³/mol. The maximum atomic E-state index is 12.8. The summed E-state index contributed by atoms with van der Waals surface area (Å²) in [6.45, 7) is 4.19. The average Bonchev–Trinajstić information content (AvgIpc) is 2.77. The van der Waals surface area contributed by atoms with Crippen LogP contribution >= 0.6 is 0 Å². The van der Waals surface area contributed by atoms with Crippen LogP contribution in [0.25, 0.3) is 0 Å². The molecule has 8 heteroatoms. The first kappa shape index (κ1) is 20.7. The third-order valence-electron chi connectivity index (χ3n) is 4.86. The van der Waals surface area contributed by atoms with E-state index in [1.165, 1.54) is 0 Å². The minimum Gasteiger partial charge on any atom is -0.352 e. The minimum atomic E-state index is -0.112. The SMILES string of the molecule is CN(C)CCCNC(=O)c1ccc(C(=O)N2CCN(c3ncccn3)CC2)cc1. The van der Waals surface area contributed by atoms with E-state index in [0.717, 1.165) is 13.0 Å². The molecule has 1 fully saturated rings. The maximum absolute atomic E-state index is 12.8. The number of carbonyl (C=O) groups excluding carboxylic acids is 2. The molecule has 0 bridgehead atoms. The summed E-state index contributed by atoms with van der Waals surface area (Å²) in [5.41, 5.74) is 1.16. The number of rotatable bonds is 7. The summed E-state index contributed by atoms with van der Waals surface area (Å²) in [7, 11) is 4.01. The first-order valence-electron chi connectivity index (χ1n) is 9.89. The van der Waals surface area contributed by atoms with E-state index in [2.05, 4.69) is 25.1 Å². The molecule has 2 aromatic rings. The van der Waals surface area contributed by atoms with Gasteiger partial charge in [0.25, 0.3) is 11.8 Å². The molecule has 0 radical (unpaired) electrons. The van der Waals surface area contributed by atoms with Gasteiger partial charge in [-0.25, -0.2) is 9.97 Å². The standard InChI is InChI=1S/C21H28N6O2/c1-25(2)12-4-11-22-19(28)17-5-7-18(8-6-17)20(29)26-13-15-27(16-14-26)21-23-9-3-10-24-21/h3,5-10H,4,11-16H2,1-2H3,(H,22,28). The number of amides is 2. The van der Waals surface area contributed by atoms with E-state index in [-0.39, 0.29) is 11.8 Å². The highest BCUT2D eigenvalue weighted by atomic mass is 16.2. The van der Waals surface area contributed by atoms with E-state index in [0.29, 0.717) is 49.8 Å². The molecule has 8 nitrogen and oxygen atoms in total. The third-order valence-corrected chi connectivity index (χ3v) is 4.86. The fraction of sp³-hybridized carbons (Fsp3) is 0.429. The Balaban J connectivity index is 1.50. The van der Waals surface area contributed by atoms with Crippen molar-refractivity contribution in [1.82, 2.24) is 25.1 Å². The van der Waals surface area contributed by atoms with E-state index in [9.17, 15) is 9.59 Å². The first-order chi connectivity index (χ1) is 14.0. The van der Waals surface area contributed by atoms with Gasteiger partial charge in [-0.2, -0.15) is 0 Å². The Morgan fingerprint density at radius 3 is 2.24 bits per heavy atom. The Morgan fingerprint density at radius 2 is 1.62 bits per heavy atom. The molecule has 0 spiro atoms. The van der Waals surface area contributed by atoms with Crippen LogP contribution in [0.5, 0.6) is 0 Å². The van der Waals surface area contributed by atoms with Crippen molar-refractivity contribution in [1.29, 1.82) is 0 Å². The molecule has 0 unspecified atom stereocenters. The second-order valence-corrected chi connectivity index (χ2v) is 7.32. The van der Waals surface area contributed by atoms with E-state index < -0.39 is 0 Å². The number of nitrogens with one attached hydrogen (secondary N) is 1. The van der Waals surface area contributed by atoms with Crippen molar-refractivity contribution in [2.24, 2.45) is 0 Å². The summed E-state index contributed by atoms with van der Waals surface area (Å²) in [4.78, 5) is 39.5. The van der Waals surface area contributed by atoms with Gasteiger partial charge in [0.2, 0.25) is 5.95 Å². The predicted octanol–water partition coefficient (Wildman–Crippen LogP) is 1.12. The summed E-state index contributed by atoms with van der Waals surface area (Å²) in [5, 5.41) is 2.91. The van der Waals surface area contributed by atoms with Gasteiger partial charge in [-0.15, -0.1) is 0 Å². The van der Waals surface area contributed by atoms with Gasteiger partial charge < -0.3 is 20.0 Å². The molecule has 1 aromatic carbocycles. The lowest BCUT2D eigenvalue weighted by molar-refractivity contribution is 0.0745. The first-order valence-corrected chi connectivity index (χ1v) is 9.89. The largest absolute Gasteiger partial charge is 0.352 e. The number of carbonyl (C=O) groups is 2. The van der Waals surface area contributed by atoms with Gasteiger partial charge in [0.05, 0.1) is 0 Å². The van der Waals surface area contributed by atoms with Crippen molar-refractivity contribution in [3.63, 3.8) is 0 Å². The number of hydrogen-bond acceptors (Lipinski definition) is 6. The van der Waals surface area contributed by atoms with Crippen LogP contribution in [0.2, 0.25) is 0 Å². The monoisotopic (exact) mass is 396 g/mol. The van der Waals surface area contributed by atoms with Crippen LogP contribution in [0.1, 0.15) is 27.1 Å². The van der Waals surface area contributed by atoms with Crippen LogP contribution in [-0.2, 0) is 0 Å². The maximum Gasteiger partial charge on any atom is 0.253 e. The number of piperazine rings is 1. The van der Waals surface area contributed by atoms with E-state index in [4.69, 9.17) is 0 Å². The molecular weight excluding hydrogens is 368 g/mol. The average molecular weight is 396 g/mol. The minimum absolute atomic E-state index is 0.0171. The van der Waals surface area contributed by atoms with Gasteiger partial charge in [0, 0.05) is 56.2 Å². The van der Waals surface area contributed by atoms with Crippen LogP contribution in [0.15, 0.2) is 42.7 Å². The van der Waals surface area contributed by atoms with Crippen molar-refractivity contribution in [3.8, 4) is 0 Å². The van der Waals surface area contributed by atoms with Crippen molar-refractivity contribution < 1.29 is 9.59 Å². The van der Waals surface area contributed by atoms with Gasteiger partial charge in [-0.05, 0) is 57.4 Å². The molecule has 0 aliphatic carbocycles. The smallest absolute Gasteiger partial charge is 0.253 e. The number of aromatic nitrogens is 2.